The lowest BCUT2D eigenvalue weighted by atomic mass is 10.1. The fourth-order valence-corrected chi connectivity index (χ4v) is 1.08. The van der Waals surface area contributed by atoms with E-state index in [-0.39, 0.29) is 11.9 Å². The van der Waals surface area contributed by atoms with Crippen molar-refractivity contribution in [2.45, 2.75) is 25.9 Å². The van der Waals surface area contributed by atoms with Gasteiger partial charge in [0, 0.05) is 12.4 Å². The Bertz CT molecular complexity index is 297. The molecule has 0 fully saturated rings. The summed E-state index contributed by atoms with van der Waals surface area (Å²) in [5, 5.41) is 2.80. The molecule has 0 unspecified atom stereocenters. The van der Waals surface area contributed by atoms with E-state index in [4.69, 9.17) is 5.73 Å². The van der Waals surface area contributed by atoms with E-state index in [0.717, 1.165) is 5.56 Å². The molecule has 4 nitrogen and oxygen atoms in total. The molecule has 76 valence electrons. The molecule has 1 aromatic heterocycles. The van der Waals surface area contributed by atoms with Crippen molar-refractivity contribution in [2.75, 3.05) is 0 Å². The van der Waals surface area contributed by atoms with Gasteiger partial charge in [-0.15, -0.1) is 0 Å². The number of nitrogens with zero attached hydrogens (tertiary/aromatic N) is 1. The SMILES string of the molecule is C[C@H](N)C(=O)N[C@@H](C)c1ccncc1. The van der Waals surface area contributed by atoms with Crippen LogP contribution < -0.4 is 11.1 Å². The lowest BCUT2D eigenvalue weighted by molar-refractivity contribution is -0.122. The van der Waals surface area contributed by atoms with Crippen molar-refractivity contribution in [1.29, 1.82) is 0 Å². The molecule has 0 saturated heterocycles. The third-order valence-electron chi connectivity index (χ3n) is 1.98. The molecule has 0 aromatic carbocycles. The third-order valence-corrected chi connectivity index (χ3v) is 1.98. The molecule has 0 aliphatic heterocycles. The molecule has 0 aliphatic carbocycles. The van der Waals surface area contributed by atoms with Crippen LogP contribution in [0.25, 0.3) is 0 Å². The maximum absolute atomic E-state index is 11.3. The molecule has 0 radical (unpaired) electrons. The zero-order valence-electron chi connectivity index (χ0n) is 8.40. The fourth-order valence-electron chi connectivity index (χ4n) is 1.08. The van der Waals surface area contributed by atoms with Gasteiger partial charge in [-0.1, -0.05) is 0 Å². The van der Waals surface area contributed by atoms with Crippen LogP contribution in [-0.2, 0) is 4.79 Å². The Hall–Kier alpha value is -1.42. The molecule has 4 heteroatoms. The Morgan fingerprint density at radius 3 is 2.50 bits per heavy atom. The normalized spacial score (nSPS) is 14.5. The van der Waals surface area contributed by atoms with Crippen molar-refractivity contribution in [3.8, 4) is 0 Å². The van der Waals surface area contributed by atoms with E-state index in [2.05, 4.69) is 10.3 Å². The Balaban J connectivity index is 2.59. The van der Waals surface area contributed by atoms with Gasteiger partial charge in [-0.3, -0.25) is 9.78 Å². The number of nitrogens with two attached hydrogens (primary N) is 1. The predicted octanol–water partition coefficient (Wildman–Crippen LogP) is 0.606. The minimum absolute atomic E-state index is 0.0310. The van der Waals surface area contributed by atoms with Gasteiger partial charge in [-0.2, -0.15) is 0 Å². The van der Waals surface area contributed by atoms with Crippen LogP contribution in [-0.4, -0.2) is 16.9 Å². The highest BCUT2D eigenvalue weighted by Crippen LogP contribution is 2.09. The summed E-state index contributed by atoms with van der Waals surface area (Å²) in [7, 11) is 0. The second-order valence-electron chi connectivity index (χ2n) is 3.30. The highest BCUT2D eigenvalue weighted by atomic mass is 16.2. The van der Waals surface area contributed by atoms with E-state index in [9.17, 15) is 4.79 Å². The first-order valence-corrected chi connectivity index (χ1v) is 4.57. The monoisotopic (exact) mass is 193 g/mol. The van der Waals surface area contributed by atoms with E-state index >= 15 is 0 Å². The number of aromatic nitrogens is 1. The Labute approximate surface area is 83.5 Å². The van der Waals surface area contributed by atoms with Crippen molar-refractivity contribution in [1.82, 2.24) is 10.3 Å². The topological polar surface area (TPSA) is 68.0 Å². The molecule has 1 amide bonds. The number of rotatable bonds is 3. The lowest BCUT2D eigenvalue weighted by Gasteiger charge is -2.15. The van der Waals surface area contributed by atoms with Crippen molar-refractivity contribution in [3.63, 3.8) is 0 Å². The average Bonchev–Trinajstić information content (AvgIpc) is 2.19. The zero-order valence-corrected chi connectivity index (χ0v) is 8.40. The molecule has 2 atom stereocenters. The van der Waals surface area contributed by atoms with Crippen LogP contribution in [0, 0.1) is 0 Å². The quantitative estimate of drug-likeness (QED) is 0.739. The van der Waals surface area contributed by atoms with Gasteiger partial charge >= 0.3 is 0 Å². The minimum Gasteiger partial charge on any atom is -0.348 e. The smallest absolute Gasteiger partial charge is 0.237 e. The molecule has 1 aromatic rings. The van der Waals surface area contributed by atoms with E-state index in [1.54, 1.807) is 19.3 Å². The Morgan fingerprint density at radius 2 is 2.00 bits per heavy atom. The van der Waals surface area contributed by atoms with Gasteiger partial charge < -0.3 is 11.1 Å². The summed E-state index contributed by atoms with van der Waals surface area (Å²) < 4.78 is 0. The second kappa shape index (κ2) is 4.72. The van der Waals surface area contributed by atoms with Crippen molar-refractivity contribution >= 4 is 5.91 Å². The summed E-state index contributed by atoms with van der Waals surface area (Å²) in [6, 6.07) is 3.23. The summed E-state index contributed by atoms with van der Waals surface area (Å²) in [4.78, 5) is 15.2. The van der Waals surface area contributed by atoms with Crippen molar-refractivity contribution in [3.05, 3.63) is 30.1 Å². The molecular formula is C10H15N3O. The maximum atomic E-state index is 11.3. The number of nitrogens with one attached hydrogen (secondary N) is 1. The van der Waals surface area contributed by atoms with Gasteiger partial charge in [0.2, 0.25) is 5.91 Å². The Kier molecular flexibility index (Phi) is 3.59. The Morgan fingerprint density at radius 1 is 1.43 bits per heavy atom. The van der Waals surface area contributed by atoms with Crippen molar-refractivity contribution in [2.24, 2.45) is 5.73 Å². The average molecular weight is 193 g/mol. The second-order valence-corrected chi connectivity index (χ2v) is 3.30. The van der Waals surface area contributed by atoms with Crippen LogP contribution in [0.1, 0.15) is 25.5 Å². The van der Waals surface area contributed by atoms with E-state index < -0.39 is 6.04 Å². The van der Waals surface area contributed by atoms with E-state index in [1.165, 1.54) is 0 Å². The summed E-state index contributed by atoms with van der Waals surface area (Å²) in [6.07, 6.45) is 3.40. The summed E-state index contributed by atoms with van der Waals surface area (Å²) in [6.45, 7) is 3.57. The van der Waals surface area contributed by atoms with Gasteiger partial charge in [0.1, 0.15) is 0 Å². The van der Waals surface area contributed by atoms with Crippen molar-refractivity contribution < 1.29 is 4.79 Å². The number of amides is 1. The number of carbonyl (C=O) groups is 1. The lowest BCUT2D eigenvalue weighted by Crippen LogP contribution is -2.39. The highest BCUT2D eigenvalue weighted by molar-refractivity contribution is 5.81. The molecule has 14 heavy (non-hydrogen) atoms. The molecule has 1 rings (SSSR count). The molecule has 0 saturated carbocycles. The standard InChI is InChI=1S/C10H15N3O/c1-7(11)10(14)13-8(2)9-3-5-12-6-4-9/h3-8H,11H2,1-2H3,(H,13,14)/t7-,8-/m0/s1. The summed E-state index contributed by atoms with van der Waals surface area (Å²) >= 11 is 0. The van der Waals surface area contributed by atoms with Gasteiger partial charge in [0.05, 0.1) is 12.1 Å². The van der Waals surface area contributed by atoms with E-state index in [0.29, 0.717) is 0 Å². The van der Waals surface area contributed by atoms with E-state index in [1.807, 2.05) is 19.1 Å². The summed E-state index contributed by atoms with van der Waals surface area (Å²) in [5.74, 6) is -0.144. The van der Waals surface area contributed by atoms with Crippen LogP contribution in [0.15, 0.2) is 24.5 Å². The number of carbonyl (C=O) groups excluding carboxylic acids is 1. The molecule has 0 aliphatic rings. The van der Waals surface area contributed by atoms with Gasteiger partial charge in [-0.25, -0.2) is 0 Å². The number of hydrogen-bond acceptors (Lipinski definition) is 3. The largest absolute Gasteiger partial charge is 0.348 e. The van der Waals surface area contributed by atoms with Crippen LogP contribution in [0.5, 0.6) is 0 Å². The molecular weight excluding hydrogens is 178 g/mol. The molecule has 0 spiro atoms. The molecule has 3 N–H and O–H groups in total. The maximum Gasteiger partial charge on any atom is 0.237 e. The molecule has 1 heterocycles. The van der Waals surface area contributed by atoms with Gasteiger partial charge in [-0.05, 0) is 31.5 Å². The first kappa shape index (κ1) is 10.7. The number of hydrogen-bond donors (Lipinski definition) is 2. The van der Waals surface area contributed by atoms with Gasteiger partial charge in [0.15, 0.2) is 0 Å². The predicted molar refractivity (Wildman–Crippen MR) is 54.4 cm³/mol. The first-order chi connectivity index (χ1) is 6.61. The number of pyridine rings is 1. The fraction of sp³-hybridized carbons (Fsp3) is 0.400. The summed E-state index contributed by atoms with van der Waals surface area (Å²) in [5.41, 5.74) is 6.46. The first-order valence-electron chi connectivity index (χ1n) is 4.57. The van der Waals surface area contributed by atoms with Crippen LogP contribution in [0.3, 0.4) is 0 Å². The minimum atomic E-state index is -0.473. The zero-order chi connectivity index (χ0) is 10.6. The van der Waals surface area contributed by atoms with Crippen LogP contribution >= 0.6 is 0 Å². The van der Waals surface area contributed by atoms with Crippen LogP contribution in [0.2, 0.25) is 0 Å². The van der Waals surface area contributed by atoms with Gasteiger partial charge in [0.25, 0.3) is 0 Å². The highest BCUT2D eigenvalue weighted by Gasteiger charge is 2.11. The van der Waals surface area contributed by atoms with Crippen LogP contribution in [0.4, 0.5) is 0 Å². The molecule has 0 bridgehead atoms. The third kappa shape index (κ3) is 2.81.